The number of carbonyl (C=O) groups is 3. The Bertz CT molecular complexity index is 680. The van der Waals surface area contributed by atoms with Crippen molar-refractivity contribution in [2.45, 2.75) is 45.7 Å². The number of nitrogens with two attached hydrogens (primary N) is 1. The largest absolute Gasteiger partial charge is 0.338 e. The summed E-state index contributed by atoms with van der Waals surface area (Å²) in [5.41, 5.74) is 7.51. The minimum absolute atomic E-state index is 0.000139. The summed E-state index contributed by atoms with van der Waals surface area (Å²) in [7, 11) is 0. The van der Waals surface area contributed by atoms with Gasteiger partial charge < -0.3 is 10.6 Å². The number of rotatable bonds is 3. The Kier molecular flexibility index (Phi) is 4.64. The Balaban J connectivity index is 1.67. The number of benzene rings is 1. The second-order valence-electron chi connectivity index (χ2n) is 7.68. The fourth-order valence-corrected chi connectivity index (χ4v) is 3.46. The van der Waals surface area contributed by atoms with Crippen LogP contribution in [0, 0.1) is 5.41 Å². The summed E-state index contributed by atoms with van der Waals surface area (Å²) in [6, 6.07) is 7.27. The lowest BCUT2D eigenvalue weighted by atomic mass is 9.79. The zero-order chi connectivity index (χ0) is 18.2. The van der Waals surface area contributed by atoms with Crippen LogP contribution in [0.4, 0.5) is 0 Å². The molecule has 0 radical (unpaired) electrons. The number of likely N-dealkylation sites (tertiary alicyclic amines) is 2. The third-order valence-corrected chi connectivity index (χ3v) is 5.30. The summed E-state index contributed by atoms with van der Waals surface area (Å²) < 4.78 is 0. The highest BCUT2D eigenvalue weighted by Crippen LogP contribution is 2.28. The Morgan fingerprint density at radius 3 is 2.32 bits per heavy atom. The van der Waals surface area contributed by atoms with Gasteiger partial charge in [0.05, 0.1) is 6.54 Å². The van der Waals surface area contributed by atoms with Crippen LogP contribution in [-0.4, -0.2) is 46.7 Å². The van der Waals surface area contributed by atoms with Gasteiger partial charge in [-0.25, -0.2) is 0 Å². The number of hydrogen-bond donors (Lipinski definition) is 1. The molecule has 3 rings (SSSR count). The number of hydrogen-bond acceptors (Lipinski definition) is 4. The molecule has 1 aromatic carbocycles. The van der Waals surface area contributed by atoms with Crippen molar-refractivity contribution >= 4 is 17.7 Å². The minimum Gasteiger partial charge on any atom is -0.338 e. The first-order valence-corrected chi connectivity index (χ1v) is 8.75. The maximum Gasteiger partial charge on any atom is 0.253 e. The van der Waals surface area contributed by atoms with E-state index in [1.54, 1.807) is 12.1 Å². The fourth-order valence-electron chi connectivity index (χ4n) is 3.46. The molecule has 2 heterocycles. The monoisotopic (exact) mass is 343 g/mol. The number of carbonyl (C=O) groups excluding carboxylic acids is 3. The van der Waals surface area contributed by atoms with E-state index in [0.29, 0.717) is 31.5 Å². The van der Waals surface area contributed by atoms with Crippen molar-refractivity contribution in [1.29, 1.82) is 0 Å². The second-order valence-corrected chi connectivity index (χ2v) is 7.68. The van der Waals surface area contributed by atoms with Crippen LogP contribution >= 0.6 is 0 Å². The second kappa shape index (κ2) is 6.59. The van der Waals surface area contributed by atoms with Crippen LogP contribution in [0.2, 0.25) is 0 Å². The normalized spacial score (nSPS) is 23.2. The molecule has 2 fully saturated rings. The molecule has 0 saturated carbocycles. The minimum atomic E-state index is -0.128. The molecule has 6 nitrogen and oxygen atoms in total. The highest BCUT2D eigenvalue weighted by Gasteiger charge is 2.35. The van der Waals surface area contributed by atoms with Crippen LogP contribution in [0.5, 0.6) is 0 Å². The van der Waals surface area contributed by atoms with Gasteiger partial charge in [-0.3, -0.25) is 19.3 Å². The quantitative estimate of drug-likeness (QED) is 0.844. The van der Waals surface area contributed by atoms with Crippen molar-refractivity contribution in [2.75, 3.05) is 13.1 Å². The van der Waals surface area contributed by atoms with Gasteiger partial charge in [0.15, 0.2) is 0 Å². The van der Waals surface area contributed by atoms with Gasteiger partial charge in [-0.15, -0.1) is 0 Å². The van der Waals surface area contributed by atoms with E-state index in [0.717, 1.165) is 12.0 Å². The van der Waals surface area contributed by atoms with Crippen molar-refractivity contribution < 1.29 is 14.4 Å². The van der Waals surface area contributed by atoms with Crippen molar-refractivity contribution in [1.82, 2.24) is 9.80 Å². The van der Waals surface area contributed by atoms with E-state index in [2.05, 4.69) is 13.8 Å². The summed E-state index contributed by atoms with van der Waals surface area (Å²) in [5, 5.41) is 0. The molecule has 0 spiro atoms. The van der Waals surface area contributed by atoms with Crippen LogP contribution in [-0.2, 0) is 16.1 Å². The van der Waals surface area contributed by atoms with Crippen LogP contribution < -0.4 is 5.73 Å². The van der Waals surface area contributed by atoms with E-state index >= 15 is 0 Å². The third kappa shape index (κ3) is 3.58. The zero-order valence-corrected chi connectivity index (χ0v) is 14.8. The predicted octanol–water partition coefficient (Wildman–Crippen LogP) is 1.53. The summed E-state index contributed by atoms with van der Waals surface area (Å²) in [5.74, 6) is -0.256. The number of piperidine rings is 1. The topological polar surface area (TPSA) is 83.7 Å². The first kappa shape index (κ1) is 17.6. The molecule has 0 aliphatic carbocycles. The lowest BCUT2D eigenvalue weighted by Gasteiger charge is -2.42. The Morgan fingerprint density at radius 1 is 1.16 bits per heavy atom. The van der Waals surface area contributed by atoms with Crippen LogP contribution in [0.15, 0.2) is 24.3 Å². The van der Waals surface area contributed by atoms with Crippen LogP contribution in [0.25, 0.3) is 0 Å². The fraction of sp³-hybridized carbons (Fsp3) is 0.526. The molecule has 1 aromatic rings. The highest BCUT2D eigenvalue weighted by atomic mass is 16.2. The van der Waals surface area contributed by atoms with Gasteiger partial charge in [-0.1, -0.05) is 26.0 Å². The summed E-state index contributed by atoms with van der Waals surface area (Å²) in [4.78, 5) is 39.2. The first-order chi connectivity index (χ1) is 11.8. The average molecular weight is 343 g/mol. The summed E-state index contributed by atoms with van der Waals surface area (Å²) in [6.45, 7) is 5.76. The maximum atomic E-state index is 12.7. The maximum absolute atomic E-state index is 12.7. The lowest BCUT2D eigenvalue weighted by molar-refractivity contribution is -0.139. The molecule has 3 amide bonds. The standard InChI is InChI=1S/C19H25N3O3/c1-19(2)12-21(10-9-15(19)20)18(25)14-5-3-13(4-6-14)11-22-16(23)7-8-17(22)24/h3-6,15H,7-12,20H2,1-2H3. The van der Waals surface area contributed by atoms with Gasteiger partial charge in [0, 0.05) is 37.5 Å². The molecule has 2 aliphatic heterocycles. The molecule has 2 N–H and O–H groups in total. The van der Waals surface area contributed by atoms with E-state index in [9.17, 15) is 14.4 Å². The first-order valence-electron chi connectivity index (χ1n) is 8.75. The molecule has 2 aliphatic rings. The van der Waals surface area contributed by atoms with Crippen molar-refractivity contribution in [3.63, 3.8) is 0 Å². The van der Waals surface area contributed by atoms with Gasteiger partial charge in [-0.2, -0.15) is 0 Å². The molecule has 6 heteroatoms. The predicted molar refractivity (Wildman–Crippen MR) is 93.5 cm³/mol. The number of amides is 3. The van der Waals surface area contributed by atoms with E-state index in [-0.39, 0.29) is 35.7 Å². The SMILES string of the molecule is CC1(C)CN(C(=O)c2ccc(CN3C(=O)CCC3=O)cc2)CCC1N. The number of nitrogens with zero attached hydrogens (tertiary/aromatic N) is 2. The molecule has 0 bridgehead atoms. The van der Waals surface area contributed by atoms with Gasteiger partial charge in [0.1, 0.15) is 0 Å². The van der Waals surface area contributed by atoms with Crippen molar-refractivity contribution in [2.24, 2.45) is 11.1 Å². The Hall–Kier alpha value is -2.21. The molecule has 25 heavy (non-hydrogen) atoms. The van der Waals surface area contributed by atoms with Crippen LogP contribution in [0.3, 0.4) is 0 Å². The van der Waals surface area contributed by atoms with E-state index in [4.69, 9.17) is 5.73 Å². The lowest BCUT2D eigenvalue weighted by Crippen LogP contribution is -2.54. The molecule has 2 saturated heterocycles. The molecule has 1 atom stereocenters. The molecule has 1 unspecified atom stereocenters. The number of imide groups is 1. The molecule has 134 valence electrons. The Morgan fingerprint density at radius 2 is 1.76 bits per heavy atom. The van der Waals surface area contributed by atoms with Gasteiger partial charge >= 0.3 is 0 Å². The highest BCUT2D eigenvalue weighted by molar-refractivity contribution is 6.01. The molecular weight excluding hydrogens is 318 g/mol. The smallest absolute Gasteiger partial charge is 0.253 e. The van der Waals surface area contributed by atoms with E-state index in [1.165, 1.54) is 4.90 Å². The van der Waals surface area contributed by atoms with Crippen molar-refractivity contribution in [3.8, 4) is 0 Å². The van der Waals surface area contributed by atoms with E-state index < -0.39 is 0 Å². The summed E-state index contributed by atoms with van der Waals surface area (Å²) in [6.07, 6.45) is 1.39. The van der Waals surface area contributed by atoms with Crippen LogP contribution in [0.1, 0.15) is 49.0 Å². The average Bonchev–Trinajstić information content (AvgIpc) is 2.89. The van der Waals surface area contributed by atoms with Gasteiger partial charge in [-0.05, 0) is 29.5 Å². The van der Waals surface area contributed by atoms with Gasteiger partial charge in [0.25, 0.3) is 5.91 Å². The molecule has 0 aromatic heterocycles. The van der Waals surface area contributed by atoms with Gasteiger partial charge in [0.2, 0.25) is 11.8 Å². The summed E-state index contributed by atoms with van der Waals surface area (Å²) >= 11 is 0. The Labute approximate surface area is 148 Å². The van der Waals surface area contributed by atoms with E-state index in [1.807, 2.05) is 17.0 Å². The third-order valence-electron chi connectivity index (χ3n) is 5.30. The zero-order valence-electron chi connectivity index (χ0n) is 14.8. The molecular formula is C19H25N3O3. The van der Waals surface area contributed by atoms with Crippen molar-refractivity contribution in [3.05, 3.63) is 35.4 Å².